The molecule has 0 amide bonds. The molecule has 4 heteroatoms. The van der Waals surface area contributed by atoms with Crippen LogP contribution in [0.15, 0.2) is 65.3 Å². The molecule has 0 saturated heterocycles. The molecule has 0 aliphatic rings. The molecular formula is C16H11N3O. The van der Waals surface area contributed by atoms with E-state index in [1.165, 1.54) is 0 Å². The number of aromatic nitrogens is 3. The van der Waals surface area contributed by atoms with Gasteiger partial charge in [-0.1, -0.05) is 41.6 Å². The average molecular weight is 261 g/mol. The number of benzene rings is 2. The topological polar surface area (TPSA) is 54.7 Å². The van der Waals surface area contributed by atoms with Crippen LogP contribution in [-0.4, -0.2) is 15.1 Å². The van der Waals surface area contributed by atoms with Gasteiger partial charge >= 0.3 is 0 Å². The summed E-state index contributed by atoms with van der Waals surface area (Å²) in [6.07, 6.45) is 1.91. The van der Waals surface area contributed by atoms with E-state index in [9.17, 15) is 0 Å². The van der Waals surface area contributed by atoms with Gasteiger partial charge in [-0.15, -0.1) is 0 Å². The van der Waals surface area contributed by atoms with Crippen LogP contribution in [0.1, 0.15) is 0 Å². The zero-order valence-corrected chi connectivity index (χ0v) is 10.6. The van der Waals surface area contributed by atoms with E-state index >= 15 is 0 Å². The van der Waals surface area contributed by atoms with Gasteiger partial charge in [0.2, 0.25) is 5.82 Å². The summed E-state index contributed by atoms with van der Waals surface area (Å²) < 4.78 is 5.35. The number of H-pyrrole nitrogens is 1. The first-order valence-electron chi connectivity index (χ1n) is 6.37. The molecule has 20 heavy (non-hydrogen) atoms. The predicted molar refractivity (Wildman–Crippen MR) is 77.0 cm³/mol. The summed E-state index contributed by atoms with van der Waals surface area (Å²) in [7, 11) is 0. The Morgan fingerprint density at radius 3 is 2.60 bits per heavy atom. The molecule has 0 atom stereocenters. The third kappa shape index (κ3) is 1.70. The fourth-order valence-electron chi connectivity index (χ4n) is 2.29. The highest BCUT2D eigenvalue weighted by molar-refractivity contribution is 5.93. The third-order valence-corrected chi connectivity index (χ3v) is 3.28. The minimum absolute atomic E-state index is 0.533. The molecule has 96 valence electrons. The van der Waals surface area contributed by atoms with Crippen LogP contribution in [0.2, 0.25) is 0 Å². The zero-order chi connectivity index (χ0) is 13.4. The number of nitrogens with zero attached hydrogens (tertiary/aromatic N) is 2. The first kappa shape index (κ1) is 11.0. The highest BCUT2D eigenvalue weighted by Crippen LogP contribution is 2.28. The fraction of sp³-hybridized carbons (Fsp3) is 0. The highest BCUT2D eigenvalue weighted by atomic mass is 16.5. The summed E-state index contributed by atoms with van der Waals surface area (Å²) in [6, 6.07) is 17.8. The van der Waals surface area contributed by atoms with Crippen molar-refractivity contribution in [2.45, 2.75) is 0 Å². The van der Waals surface area contributed by atoms with E-state index in [1.807, 2.05) is 60.8 Å². The van der Waals surface area contributed by atoms with Crippen molar-refractivity contribution in [2.24, 2.45) is 0 Å². The molecule has 0 bridgehead atoms. The van der Waals surface area contributed by atoms with Crippen molar-refractivity contribution in [3.63, 3.8) is 0 Å². The van der Waals surface area contributed by atoms with E-state index in [0.717, 1.165) is 22.0 Å². The SMILES string of the molecule is c1ccc(-c2nc(-c3c[nH]c4ccccc34)no2)cc1. The summed E-state index contributed by atoms with van der Waals surface area (Å²) in [4.78, 5) is 7.69. The van der Waals surface area contributed by atoms with Crippen molar-refractivity contribution in [2.75, 3.05) is 0 Å². The lowest BCUT2D eigenvalue weighted by Gasteiger charge is -1.92. The lowest BCUT2D eigenvalue weighted by atomic mass is 10.1. The van der Waals surface area contributed by atoms with E-state index < -0.39 is 0 Å². The molecule has 2 heterocycles. The van der Waals surface area contributed by atoms with Crippen molar-refractivity contribution < 1.29 is 4.52 Å². The lowest BCUT2D eigenvalue weighted by molar-refractivity contribution is 0.432. The Hall–Kier alpha value is -2.88. The molecule has 0 saturated carbocycles. The quantitative estimate of drug-likeness (QED) is 0.595. The number of aromatic amines is 1. The number of hydrogen-bond donors (Lipinski definition) is 1. The van der Waals surface area contributed by atoms with Crippen molar-refractivity contribution in [3.8, 4) is 22.8 Å². The van der Waals surface area contributed by atoms with E-state index in [-0.39, 0.29) is 0 Å². The third-order valence-electron chi connectivity index (χ3n) is 3.28. The molecule has 2 aromatic heterocycles. The average Bonchev–Trinajstić information content (AvgIpc) is 3.14. The normalized spacial score (nSPS) is 11.0. The first-order valence-corrected chi connectivity index (χ1v) is 6.37. The second kappa shape index (κ2) is 4.35. The monoisotopic (exact) mass is 261 g/mol. The van der Waals surface area contributed by atoms with Crippen molar-refractivity contribution in [3.05, 3.63) is 60.8 Å². The van der Waals surface area contributed by atoms with Gasteiger partial charge < -0.3 is 9.51 Å². The Balaban J connectivity index is 1.82. The van der Waals surface area contributed by atoms with E-state index in [0.29, 0.717) is 11.7 Å². The molecule has 0 unspecified atom stereocenters. The summed E-state index contributed by atoms with van der Waals surface area (Å²) in [5.74, 6) is 1.13. The van der Waals surface area contributed by atoms with Crippen molar-refractivity contribution in [1.29, 1.82) is 0 Å². The number of nitrogens with one attached hydrogen (secondary N) is 1. The van der Waals surface area contributed by atoms with E-state index in [4.69, 9.17) is 4.52 Å². The Bertz CT molecular complexity index is 861. The molecule has 0 fully saturated rings. The number of hydrogen-bond acceptors (Lipinski definition) is 3. The standard InChI is InChI=1S/C16H11N3O/c1-2-6-11(7-3-1)16-18-15(19-20-16)13-10-17-14-9-5-4-8-12(13)14/h1-10,17H. The molecule has 4 rings (SSSR count). The lowest BCUT2D eigenvalue weighted by Crippen LogP contribution is -1.79. The molecule has 1 N–H and O–H groups in total. The van der Waals surface area contributed by atoms with Crippen LogP contribution in [0, 0.1) is 0 Å². The zero-order valence-electron chi connectivity index (χ0n) is 10.6. The maximum absolute atomic E-state index is 5.35. The molecule has 4 nitrogen and oxygen atoms in total. The minimum atomic E-state index is 0.533. The summed E-state index contributed by atoms with van der Waals surface area (Å²) in [5.41, 5.74) is 2.94. The molecular weight excluding hydrogens is 250 g/mol. The van der Waals surface area contributed by atoms with Gasteiger partial charge in [0.05, 0.1) is 0 Å². The maximum atomic E-state index is 5.35. The Morgan fingerprint density at radius 2 is 1.70 bits per heavy atom. The Morgan fingerprint density at radius 1 is 0.900 bits per heavy atom. The van der Waals surface area contributed by atoms with E-state index in [2.05, 4.69) is 15.1 Å². The second-order valence-electron chi connectivity index (χ2n) is 4.54. The van der Waals surface area contributed by atoms with Crippen LogP contribution in [-0.2, 0) is 0 Å². The molecule has 0 spiro atoms. The van der Waals surface area contributed by atoms with Gasteiger partial charge in [0, 0.05) is 28.2 Å². The van der Waals surface area contributed by atoms with Crippen LogP contribution in [0.4, 0.5) is 0 Å². The first-order chi connectivity index (χ1) is 9.92. The summed E-state index contributed by atoms with van der Waals surface area (Å²) in [6.45, 7) is 0. The smallest absolute Gasteiger partial charge is 0.258 e. The molecule has 0 aliphatic heterocycles. The number of fused-ring (bicyclic) bond motifs is 1. The molecule has 0 radical (unpaired) electrons. The summed E-state index contributed by atoms with van der Waals surface area (Å²) >= 11 is 0. The molecule has 4 aromatic rings. The van der Waals surface area contributed by atoms with Gasteiger partial charge in [0.1, 0.15) is 0 Å². The van der Waals surface area contributed by atoms with Crippen LogP contribution in [0.3, 0.4) is 0 Å². The van der Waals surface area contributed by atoms with Crippen molar-refractivity contribution in [1.82, 2.24) is 15.1 Å². The Labute approximate surface area is 115 Å². The number of rotatable bonds is 2. The maximum Gasteiger partial charge on any atom is 0.258 e. The van der Waals surface area contributed by atoms with Crippen LogP contribution in [0.25, 0.3) is 33.7 Å². The van der Waals surface area contributed by atoms with Gasteiger partial charge in [-0.3, -0.25) is 0 Å². The van der Waals surface area contributed by atoms with Gasteiger partial charge in [0.15, 0.2) is 0 Å². The minimum Gasteiger partial charge on any atom is -0.360 e. The summed E-state index contributed by atoms with van der Waals surface area (Å²) in [5, 5.41) is 5.17. The fourth-order valence-corrected chi connectivity index (χ4v) is 2.29. The van der Waals surface area contributed by atoms with Gasteiger partial charge in [0.25, 0.3) is 5.89 Å². The largest absolute Gasteiger partial charge is 0.360 e. The second-order valence-corrected chi connectivity index (χ2v) is 4.54. The molecule has 2 aromatic carbocycles. The predicted octanol–water partition coefficient (Wildman–Crippen LogP) is 3.88. The van der Waals surface area contributed by atoms with Crippen LogP contribution >= 0.6 is 0 Å². The van der Waals surface area contributed by atoms with E-state index in [1.54, 1.807) is 0 Å². The van der Waals surface area contributed by atoms with Gasteiger partial charge in [-0.05, 0) is 18.2 Å². The highest BCUT2D eigenvalue weighted by Gasteiger charge is 2.13. The van der Waals surface area contributed by atoms with Crippen LogP contribution in [0.5, 0.6) is 0 Å². The van der Waals surface area contributed by atoms with Crippen LogP contribution < -0.4 is 0 Å². The van der Waals surface area contributed by atoms with Gasteiger partial charge in [-0.25, -0.2) is 0 Å². The Kier molecular flexibility index (Phi) is 2.39. The van der Waals surface area contributed by atoms with Crippen molar-refractivity contribution >= 4 is 10.9 Å². The molecule has 0 aliphatic carbocycles. The van der Waals surface area contributed by atoms with Gasteiger partial charge in [-0.2, -0.15) is 4.98 Å². The number of para-hydroxylation sites is 1.